The molecular formula is C15H23NO4S. The molecule has 118 valence electrons. The highest BCUT2D eigenvalue weighted by Crippen LogP contribution is 2.26. The van der Waals surface area contributed by atoms with E-state index in [0.29, 0.717) is 36.6 Å². The number of aryl methyl sites for hydroxylation is 1. The summed E-state index contributed by atoms with van der Waals surface area (Å²) in [5.41, 5.74) is 1.40. The molecule has 1 aliphatic rings. The minimum atomic E-state index is -3.56. The monoisotopic (exact) mass is 313 g/mol. The first-order valence-electron chi connectivity index (χ1n) is 7.36. The third-order valence-corrected chi connectivity index (χ3v) is 5.96. The number of hydrogen-bond acceptors (Lipinski definition) is 4. The van der Waals surface area contributed by atoms with E-state index >= 15 is 0 Å². The van der Waals surface area contributed by atoms with Crippen molar-refractivity contribution in [2.45, 2.75) is 44.2 Å². The van der Waals surface area contributed by atoms with Gasteiger partial charge < -0.3 is 9.84 Å². The first-order valence-corrected chi connectivity index (χ1v) is 8.80. The number of benzene rings is 1. The van der Waals surface area contributed by atoms with Gasteiger partial charge in [-0.05, 0) is 30.0 Å². The second-order valence-corrected chi connectivity index (χ2v) is 7.07. The zero-order chi connectivity index (χ0) is 15.5. The van der Waals surface area contributed by atoms with Gasteiger partial charge in [0, 0.05) is 12.6 Å². The minimum absolute atomic E-state index is 0.119. The first kappa shape index (κ1) is 16.4. The first-order chi connectivity index (χ1) is 10.0. The van der Waals surface area contributed by atoms with E-state index in [0.717, 1.165) is 12.0 Å². The summed E-state index contributed by atoms with van der Waals surface area (Å²) in [4.78, 5) is 0.317. The molecule has 1 unspecified atom stereocenters. The molecule has 0 aliphatic carbocycles. The molecule has 1 aromatic rings. The largest absolute Gasteiger partial charge is 0.392 e. The van der Waals surface area contributed by atoms with E-state index in [1.54, 1.807) is 22.5 Å². The number of morpholine rings is 1. The Bertz CT molecular complexity index is 585. The Hall–Kier alpha value is -0.950. The van der Waals surface area contributed by atoms with Crippen LogP contribution in [0.15, 0.2) is 23.1 Å². The Morgan fingerprint density at radius 1 is 1.38 bits per heavy atom. The van der Waals surface area contributed by atoms with Gasteiger partial charge in [0.1, 0.15) is 0 Å². The number of nitrogens with zero attached hydrogens (tertiary/aromatic N) is 1. The van der Waals surface area contributed by atoms with E-state index in [2.05, 4.69) is 0 Å². The van der Waals surface area contributed by atoms with Gasteiger partial charge >= 0.3 is 0 Å². The van der Waals surface area contributed by atoms with Gasteiger partial charge in [0.05, 0.1) is 24.7 Å². The average Bonchev–Trinajstić information content (AvgIpc) is 2.54. The van der Waals surface area contributed by atoms with Crippen LogP contribution in [0.3, 0.4) is 0 Å². The van der Waals surface area contributed by atoms with Gasteiger partial charge in [0.15, 0.2) is 0 Å². The van der Waals surface area contributed by atoms with Crippen LogP contribution in [0.25, 0.3) is 0 Å². The van der Waals surface area contributed by atoms with E-state index in [1.807, 2.05) is 13.8 Å². The fourth-order valence-corrected chi connectivity index (χ4v) is 4.65. The van der Waals surface area contributed by atoms with Crippen LogP contribution in [0.4, 0.5) is 0 Å². The number of aliphatic hydroxyl groups excluding tert-OH is 1. The SMILES string of the molecule is CCc1ccc(CO)cc1S(=O)(=O)N1CCOCC1CC. The molecule has 1 atom stereocenters. The van der Waals surface area contributed by atoms with E-state index in [4.69, 9.17) is 4.74 Å². The highest BCUT2D eigenvalue weighted by Gasteiger charge is 2.34. The number of rotatable bonds is 5. The molecule has 0 amide bonds. The highest BCUT2D eigenvalue weighted by atomic mass is 32.2. The molecule has 0 spiro atoms. The average molecular weight is 313 g/mol. The van der Waals surface area contributed by atoms with Gasteiger partial charge in [-0.1, -0.05) is 26.0 Å². The molecule has 1 aliphatic heterocycles. The Morgan fingerprint density at radius 3 is 2.76 bits per heavy atom. The topological polar surface area (TPSA) is 66.8 Å². The van der Waals surface area contributed by atoms with Crippen LogP contribution in [-0.2, 0) is 27.8 Å². The summed E-state index contributed by atoms with van der Waals surface area (Å²) in [6.07, 6.45) is 1.36. The van der Waals surface area contributed by atoms with Gasteiger partial charge in [0.25, 0.3) is 0 Å². The summed E-state index contributed by atoms with van der Waals surface area (Å²) in [5.74, 6) is 0. The molecule has 0 radical (unpaired) electrons. The molecule has 6 heteroatoms. The predicted octanol–water partition coefficient (Wildman–Crippen LogP) is 1.54. The summed E-state index contributed by atoms with van der Waals surface area (Å²) in [5, 5.41) is 9.27. The fourth-order valence-electron chi connectivity index (χ4n) is 2.63. The van der Waals surface area contributed by atoms with Gasteiger partial charge in [-0.3, -0.25) is 0 Å². The predicted molar refractivity (Wildman–Crippen MR) is 80.5 cm³/mol. The lowest BCUT2D eigenvalue weighted by molar-refractivity contribution is 0.0314. The lowest BCUT2D eigenvalue weighted by Gasteiger charge is -2.34. The lowest BCUT2D eigenvalue weighted by atomic mass is 10.1. The quantitative estimate of drug-likeness (QED) is 0.895. The van der Waals surface area contributed by atoms with E-state index < -0.39 is 10.0 Å². The summed E-state index contributed by atoms with van der Waals surface area (Å²) in [6, 6.07) is 5.04. The van der Waals surface area contributed by atoms with Crippen molar-refractivity contribution in [2.24, 2.45) is 0 Å². The normalized spacial score (nSPS) is 20.6. The van der Waals surface area contributed by atoms with Crippen molar-refractivity contribution in [1.29, 1.82) is 0 Å². The molecule has 1 N–H and O–H groups in total. The van der Waals surface area contributed by atoms with E-state index in [9.17, 15) is 13.5 Å². The van der Waals surface area contributed by atoms with Crippen molar-refractivity contribution < 1.29 is 18.3 Å². The second kappa shape index (κ2) is 6.87. The van der Waals surface area contributed by atoms with Crippen LogP contribution in [0, 0.1) is 0 Å². The Kier molecular flexibility index (Phi) is 5.37. The fraction of sp³-hybridized carbons (Fsp3) is 0.600. The second-order valence-electron chi connectivity index (χ2n) is 5.21. The van der Waals surface area contributed by atoms with Crippen LogP contribution >= 0.6 is 0 Å². The summed E-state index contributed by atoms with van der Waals surface area (Å²) in [7, 11) is -3.56. The third kappa shape index (κ3) is 3.29. The van der Waals surface area contributed by atoms with Gasteiger partial charge in [-0.2, -0.15) is 4.31 Å². The van der Waals surface area contributed by atoms with Crippen molar-refractivity contribution in [3.05, 3.63) is 29.3 Å². The molecule has 0 saturated carbocycles. The molecule has 5 nitrogen and oxygen atoms in total. The van der Waals surface area contributed by atoms with E-state index in [1.165, 1.54) is 0 Å². The lowest BCUT2D eigenvalue weighted by Crippen LogP contribution is -2.48. The Labute approximate surface area is 126 Å². The van der Waals surface area contributed by atoms with Crippen molar-refractivity contribution in [2.75, 3.05) is 19.8 Å². The summed E-state index contributed by atoms with van der Waals surface area (Å²) >= 11 is 0. The van der Waals surface area contributed by atoms with Crippen LogP contribution in [-0.4, -0.2) is 43.6 Å². The number of hydrogen-bond donors (Lipinski definition) is 1. The zero-order valence-electron chi connectivity index (χ0n) is 12.6. The number of aliphatic hydroxyl groups is 1. The number of ether oxygens (including phenoxy) is 1. The van der Waals surface area contributed by atoms with Crippen LogP contribution in [0.5, 0.6) is 0 Å². The van der Waals surface area contributed by atoms with Crippen molar-refractivity contribution in [3.8, 4) is 0 Å². The minimum Gasteiger partial charge on any atom is -0.392 e. The molecular weight excluding hydrogens is 290 g/mol. The summed E-state index contributed by atoms with van der Waals surface area (Å²) < 4.78 is 32.9. The van der Waals surface area contributed by atoms with Crippen molar-refractivity contribution in [1.82, 2.24) is 4.31 Å². The Morgan fingerprint density at radius 2 is 2.14 bits per heavy atom. The van der Waals surface area contributed by atoms with Crippen molar-refractivity contribution >= 4 is 10.0 Å². The Balaban J connectivity index is 2.47. The van der Waals surface area contributed by atoms with Crippen molar-refractivity contribution in [3.63, 3.8) is 0 Å². The molecule has 1 fully saturated rings. The number of sulfonamides is 1. The molecule has 1 aromatic carbocycles. The summed E-state index contributed by atoms with van der Waals surface area (Å²) in [6.45, 7) is 4.99. The standard InChI is InChI=1S/C15H23NO4S/c1-3-13-6-5-12(10-17)9-15(13)21(18,19)16-7-8-20-11-14(16)4-2/h5-6,9,14,17H,3-4,7-8,10-11H2,1-2H3. The molecule has 21 heavy (non-hydrogen) atoms. The highest BCUT2D eigenvalue weighted by molar-refractivity contribution is 7.89. The van der Waals surface area contributed by atoms with Gasteiger partial charge in [-0.25, -0.2) is 8.42 Å². The van der Waals surface area contributed by atoms with Gasteiger partial charge in [-0.15, -0.1) is 0 Å². The maximum absolute atomic E-state index is 13.0. The molecule has 1 saturated heterocycles. The van der Waals surface area contributed by atoms with Crippen LogP contribution in [0.2, 0.25) is 0 Å². The maximum Gasteiger partial charge on any atom is 0.243 e. The maximum atomic E-state index is 13.0. The molecule has 0 bridgehead atoms. The molecule has 0 aromatic heterocycles. The smallest absolute Gasteiger partial charge is 0.243 e. The van der Waals surface area contributed by atoms with Crippen LogP contribution < -0.4 is 0 Å². The zero-order valence-corrected chi connectivity index (χ0v) is 13.4. The molecule has 1 heterocycles. The third-order valence-electron chi connectivity index (χ3n) is 3.93. The molecule has 2 rings (SSSR count). The van der Waals surface area contributed by atoms with Gasteiger partial charge in [0.2, 0.25) is 10.0 Å². The van der Waals surface area contributed by atoms with E-state index in [-0.39, 0.29) is 12.6 Å². The van der Waals surface area contributed by atoms with Crippen LogP contribution in [0.1, 0.15) is 31.4 Å².